The number of carbonyl (C=O) groups excluding carboxylic acids is 1. The fraction of sp³-hybridized carbons (Fsp3) is 0.846. The molecule has 1 atom stereocenters. The van der Waals surface area contributed by atoms with Gasteiger partial charge in [0.2, 0.25) is 0 Å². The molecular formula is C13H25NO5. The highest BCUT2D eigenvalue weighted by Crippen LogP contribution is 2.07. The van der Waals surface area contributed by atoms with E-state index in [2.05, 4.69) is 12.2 Å². The van der Waals surface area contributed by atoms with Gasteiger partial charge < -0.3 is 19.9 Å². The summed E-state index contributed by atoms with van der Waals surface area (Å²) in [5, 5.41) is 11.3. The van der Waals surface area contributed by atoms with Gasteiger partial charge in [0.25, 0.3) is 0 Å². The summed E-state index contributed by atoms with van der Waals surface area (Å²) in [5.74, 6) is -1.14. The molecule has 0 rings (SSSR count). The minimum absolute atomic E-state index is 0.0573. The van der Waals surface area contributed by atoms with Crippen LogP contribution in [0.2, 0.25) is 0 Å². The summed E-state index contributed by atoms with van der Waals surface area (Å²) in [6.45, 7) is 7.65. The van der Waals surface area contributed by atoms with Crippen LogP contribution in [-0.4, -0.2) is 42.0 Å². The first kappa shape index (κ1) is 17.7. The molecule has 0 heterocycles. The number of amides is 1. The molecule has 2 N–H and O–H groups in total. The molecule has 0 aromatic rings. The van der Waals surface area contributed by atoms with E-state index < -0.39 is 23.7 Å². The minimum Gasteiger partial charge on any atom is -0.480 e. The van der Waals surface area contributed by atoms with Gasteiger partial charge in [-0.25, -0.2) is 9.59 Å². The Labute approximate surface area is 114 Å². The Hall–Kier alpha value is -1.30. The third-order valence-electron chi connectivity index (χ3n) is 2.17. The molecule has 0 radical (unpaired) electrons. The van der Waals surface area contributed by atoms with Gasteiger partial charge in [0.1, 0.15) is 5.60 Å². The lowest BCUT2D eigenvalue weighted by atomic mass is 10.2. The van der Waals surface area contributed by atoms with Crippen LogP contribution in [0.1, 0.15) is 47.0 Å². The Morgan fingerprint density at radius 1 is 1.26 bits per heavy atom. The maximum Gasteiger partial charge on any atom is 0.408 e. The van der Waals surface area contributed by atoms with Gasteiger partial charge in [0.05, 0.1) is 6.61 Å². The predicted octanol–water partition coefficient (Wildman–Crippen LogP) is 2.17. The number of hydrogen-bond donors (Lipinski definition) is 2. The van der Waals surface area contributed by atoms with Gasteiger partial charge in [-0.15, -0.1) is 0 Å². The zero-order valence-corrected chi connectivity index (χ0v) is 12.2. The lowest BCUT2D eigenvalue weighted by Gasteiger charge is -2.22. The van der Waals surface area contributed by atoms with Crippen LogP contribution in [0.15, 0.2) is 0 Å². The predicted molar refractivity (Wildman–Crippen MR) is 71.1 cm³/mol. The number of aliphatic carboxylic acids is 1. The molecule has 0 saturated heterocycles. The fourth-order valence-corrected chi connectivity index (χ4v) is 1.28. The maximum atomic E-state index is 11.5. The number of alkyl carbamates (subject to hydrolysis) is 1. The summed E-state index contributed by atoms with van der Waals surface area (Å²) < 4.78 is 10.2. The highest BCUT2D eigenvalue weighted by atomic mass is 16.6. The smallest absolute Gasteiger partial charge is 0.408 e. The number of nitrogens with one attached hydrogen (secondary N) is 1. The third kappa shape index (κ3) is 10.3. The molecule has 6 heteroatoms. The SMILES string of the molecule is CCCCCOC[C@H](NC(=O)OC(C)(C)C)C(=O)O. The first-order valence-electron chi connectivity index (χ1n) is 6.56. The van der Waals surface area contributed by atoms with Crippen molar-refractivity contribution in [3.05, 3.63) is 0 Å². The zero-order valence-electron chi connectivity index (χ0n) is 12.2. The van der Waals surface area contributed by atoms with Crippen molar-refractivity contribution >= 4 is 12.1 Å². The molecule has 0 aliphatic carbocycles. The molecule has 0 spiro atoms. The van der Waals surface area contributed by atoms with E-state index >= 15 is 0 Å². The Morgan fingerprint density at radius 3 is 2.37 bits per heavy atom. The average molecular weight is 275 g/mol. The van der Waals surface area contributed by atoms with Crippen molar-refractivity contribution < 1.29 is 24.2 Å². The molecule has 0 aliphatic rings. The molecule has 0 aromatic carbocycles. The molecule has 112 valence electrons. The van der Waals surface area contributed by atoms with Gasteiger partial charge in [-0.3, -0.25) is 0 Å². The average Bonchev–Trinajstić information content (AvgIpc) is 2.24. The molecule has 6 nitrogen and oxygen atoms in total. The van der Waals surface area contributed by atoms with Crippen LogP contribution in [0.5, 0.6) is 0 Å². The second kappa shape index (κ2) is 8.74. The molecule has 19 heavy (non-hydrogen) atoms. The van der Waals surface area contributed by atoms with Crippen LogP contribution in [0.25, 0.3) is 0 Å². The summed E-state index contributed by atoms with van der Waals surface area (Å²) in [5.41, 5.74) is -0.658. The molecule has 0 saturated carbocycles. The summed E-state index contributed by atoms with van der Waals surface area (Å²) in [7, 11) is 0. The maximum absolute atomic E-state index is 11.5. The van der Waals surface area contributed by atoms with E-state index in [-0.39, 0.29) is 6.61 Å². The number of rotatable bonds is 8. The van der Waals surface area contributed by atoms with Gasteiger partial charge in [-0.05, 0) is 27.2 Å². The summed E-state index contributed by atoms with van der Waals surface area (Å²) in [6, 6.07) is -1.09. The number of carboxylic acids is 1. The van der Waals surface area contributed by atoms with E-state index in [0.29, 0.717) is 6.61 Å². The third-order valence-corrected chi connectivity index (χ3v) is 2.17. The standard InChI is InChI=1S/C13H25NO5/c1-5-6-7-8-18-9-10(11(15)16)14-12(17)19-13(2,3)4/h10H,5-9H2,1-4H3,(H,14,17)(H,15,16)/t10-/m0/s1. The Kier molecular flexibility index (Phi) is 8.14. The van der Waals surface area contributed by atoms with E-state index in [0.717, 1.165) is 19.3 Å². The van der Waals surface area contributed by atoms with Crippen LogP contribution >= 0.6 is 0 Å². The minimum atomic E-state index is -1.14. The first-order chi connectivity index (χ1) is 8.76. The van der Waals surface area contributed by atoms with E-state index in [1.807, 2.05) is 0 Å². The van der Waals surface area contributed by atoms with Crippen molar-refractivity contribution in [3.63, 3.8) is 0 Å². The number of carbonyl (C=O) groups is 2. The van der Waals surface area contributed by atoms with E-state index in [1.165, 1.54) is 0 Å². The molecule has 0 aromatic heterocycles. The molecule has 0 unspecified atom stereocenters. The second-order valence-corrected chi connectivity index (χ2v) is 5.32. The molecule has 0 fully saturated rings. The highest BCUT2D eigenvalue weighted by Gasteiger charge is 2.23. The molecule has 0 aliphatic heterocycles. The first-order valence-corrected chi connectivity index (χ1v) is 6.56. The number of carboxylic acid groups (broad SMARTS) is 1. The topological polar surface area (TPSA) is 84.9 Å². The fourth-order valence-electron chi connectivity index (χ4n) is 1.28. The second-order valence-electron chi connectivity index (χ2n) is 5.32. The Bertz CT molecular complexity index is 285. The van der Waals surface area contributed by atoms with E-state index in [1.54, 1.807) is 20.8 Å². The van der Waals surface area contributed by atoms with E-state index in [4.69, 9.17) is 14.6 Å². The van der Waals surface area contributed by atoms with Crippen molar-refractivity contribution in [2.75, 3.05) is 13.2 Å². The summed E-state index contributed by atoms with van der Waals surface area (Å²) >= 11 is 0. The lowest BCUT2D eigenvalue weighted by Crippen LogP contribution is -2.46. The van der Waals surface area contributed by atoms with Crippen LogP contribution in [0.3, 0.4) is 0 Å². The van der Waals surface area contributed by atoms with Crippen LogP contribution in [0, 0.1) is 0 Å². The number of ether oxygens (including phenoxy) is 2. The van der Waals surface area contributed by atoms with Gasteiger partial charge >= 0.3 is 12.1 Å². The van der Waals surface area contributed by atoms with Crippen molar-refractivity contribution in [3.8, 4) is 0 Å². The molecule has 1 amide bonds. The largest absolute Gasteiger partial charge is 0.480 e. The zero-order chi connectivity index (χ0) is 14.9. The van der Waals surface area contributed by atoms with Crippen molar-refractivity contribution in [2.24, 2.45) is 0 Å². The Morgan fingerprint density at radius 2 is 1.89 bits per heavy atom. The number of hydrogen-bond acceptors (Lipinski definition) is 4. The molecule has 0 bridgehead atoms. The van der Waals surface area contributed by atoms with Gasteiger partial charge in [-0.1, -0.05) is 19.8 Å². The van der Waals surface area contributed by atoms with Crippen molar-refractivity contribution in [1.82, 2.24) is 5.32 Å². The number of unbranched alkanes of at least 4 members (excludes halogenated alkanes) is 2. The Balaban J connectivity index is 4.05. The molecular weight excluding hydrogens is 250 g/mol. The van der Waals surface area contributed by atoms with Crippen molar-refractivity contribution in [1.29, 1.82) is 0 Å². The van der Waals surface area contributed by atoms with E-state index in [9.17, 15) is 9.59 Å². The van der Waals surface area contributed by atoms with Crippen LogP contribution < -0.4 is 5.32 Å². The van der Waals surface area contributed by atoms with Gasteiger partial charge in [0.15, 0.2) is 6.04 Å². The van der Waals surface area contributed by atoms with Crippen LogP contribution in [0.4, 0.5) is 4.79 Å². The highest BCUT2D eigenvalue weighted by molar-refractivity contribution is 5.80. The monoisotopic (exact) mass is 275 g/mol. The summed E-state index contributed by atoms with van der Waals surface area (Å²) in [4.78, 5) is 22.4. The van der Waals surface area contributed by atoms with Gasteiger partial charge in [-0.2, -0.15) is 0 Å². The lowest BCUT2D eigenvalue weighted by molar-refractivity contribution is -0.141. The van der Waals surface area contributed by atoms with Crippen LogP contribution in [-0.2, 0) is 14.3 Å². The quantitative estimate of drug-likeness (QED) is 0.663. The van der Waals surface area contributed by atoms with Crippen molar-refractivity contribution in [2.45, 2.75) is 58.6 Å². The normalized spacial score (nSPS) is 12.8. The van der Waals surface area contributed by atoms with Gasteiger partial charge in [0, 0.05) is 6.61 Å². The summed E-state index contributed by atoms with van der Waals surface area (Å²) in [6.07, 6.45) is 2.24.